The number of benzene rings is 1. The molecule has 0 aliphatic carbocycles. The second kappa shape index (κ2) is 8.84. The van der Waals surface area contributed by atoms with E-state index >= 15 is 0 Å². The van der Waals surface area contributed by atoms with Crippen molar-refractivity contribution in [3.8, 4) is 11.5 Å². The van der Waals surface area contributed by atoms with Gasteiger partial charge < -0.3 is 14.4 Å². The van der Waals surface area contributed by atoms with E-state index in [0.29, 0.717) is 23.6 Å². The molecule has 0 unspecified atom stereocenters. The molecule has 0 N–H and O–H groups in total. The highest BCUT2D eigenvalue weighted by molar-refractivity contribution is 5.99. The van der Waals surface area contributed by atoms with Crippen LogP contribution in [-0.4, -0.2) is 43.1 Å². The van der Waals surface area contributed by atoms with E-state index in [9.17, 15) is 4.79 Å². The van der Waals surface area contributed by atoms with E-state index in [1.54, 1.807) is 32.7 Å². The second-order valence-electron chi connectivity index (χ2n) is 6.84. The first-order valence-electron chi connectivity index (χ1n) is 9.48. The van der Waals surface area contributed by atoms with Gasteiger partial charge in [0.05, 0.1) is 14.2 Å². The maximum absolute atomic E-state index is 13.1. The van der Waals surface area contributed by atoms with Gasteiger partial charge in [0.15, 0.2) is 17.3 Å². The number of ether oxygens (including phenoxy) is 2. The van der Waals surface area contributed by atoms with Gasteiger partial charge in [0.1, 0.15) is 12.1 Å². The Morgan fingerprint density at radius 3 is 2.81 bits per heavy atom. The summed E-state index contributed by atoms with van der Waals surface area (Å²) < 4.78 is 10.6. The van der Waals surface area contributed by atoms with E-state index in [1.807, 2.05) is 12.3 Å². The summed E-state index contributed by atoms with van der Waals surface area (Å²) in [6.07, 6.45) is 7.33. The van der Waals surface area contributed by atoms with Crippen LogP contribution in [0.15, 0.2) is 30.7 Å². The third kappa shape index (κ3) is 4.21. The Morgan fingerprint density at radius 2 is 2.07 bits per heavy atom. The van der Waals surface area contributed by atoms with Gasteiger partial charge in [-0.3, -0.25) is 4.79 Å². The first kappa shape index (κ1) is 19.1. The number of carbonyl (C=O) groups is 1. The topological polar surface area (TPSA) is 64.6 Å². The van der Waals surface area contributed by atoms with E-state index in [1.165, 1.54) is 0 Å². The zero-order valence-electron chi connectivity index (χ0n) is 16.3. The number of anilines is 1. The van der Waals surface area contributed by atoms with Gasteiger partial charge in [0, 0.05) is 36.3 Å². The zero-order chi connectivity index (χ0) is 19.2. The number of hydrogen-bond donors (Lipinski definition) is 0. The van der Waals surface area contributed by atoms with Crippen LogP contribution in [0.3, 0.4) is 0 Å². The SMILES string of the molecule is CCCc1cncnc1N1CCC[C@H](C(=O)c2ccc(OC)c(OC)c2)C1. The zero-order valence-corrected chi connectivity index (χ0v) is 16.3. The number of Topliss-reactive ketones (excluding diaryl/α,β-unsaturated/α-hetero) is 1. The van der Waals surface area contributed by atoms with Gasteiger partial charge in [-0.05, 0) is 37.5 Å². The van der Waals surface area contributed by atoms with Gasteiger partial charge in [-0.25, -0.2) is 9.97 Å². The van der Waals surface area contributed by atoms with Crippen LogP contribution in [0.5, 0.6) is 11.5 Å². The molecule has 0 saturated carbocycles. The van der Waals surface area contributed by atoms with Crippen molar-refractivity contribution >= 4 is 11.6 Å². The Balaban J connectivity index is 1.79. The standard InChI is InChI=1S/C21H27N3O3/c1-4-6-16-12-22-14-23-21(16)24-10-5-7-17(13-24)20(25)15-8-9-18(26-2)19(11-15)27-3/h8-9,11-12,14,17H,4-7,10,13H2,1-3H3/t17-/m0/s1. The fourth-order valence-electron chi connectivity index (χ4n) is 3.69. The van der Waals surface area contributed by atoms with E-state index in [4.69, 9.17) is 9.47 Å². The lowest BCUT2D eigenvalue weighted by Crippen LogP contribution is -2.39. The molecule has 0 bridgehead atoms. The molecule has 0 spiro atoms. The lowest BCUT2D eigenvalue weighted by atomic mass is 9.89. The molecule has 27 heavy (non-hydrogen) atoms. The monoisotopic (exact) mass is 369 g/mol. The molecule has 1 aromatic carbocycles. The fraction of sp³-hybridized carbons (Fsp3) is 0.476. The van der Waals surface area contributed by atoms with Gasteiger partial charge in [-0.1, -0.05) is 13.3 Å². The molecule has 144 valence electrons. The van der Waals surface area contributed by atoms with Crippen molar-refractivity contribution in [3.63, 3.8) is 0 Å². The van der Waals surface area contributed by atoms with E-state index in [0.717, 1.165) is 43.6 Å². The molecule has 1 aliphatic rings. The van der Waals surface area contributed by atoms with Gasteiger partial charge in [-0.2, -0.15) is 0 Å². The highest BCUT2D eigenvalue weighted by Crippen LogP contribution is 2.31. The van der Waals surface area contributed by atoms with Crippen LogP contribution in [0.25, 0.3) is 0 Å². The Hall–Kier alpha value is -2.63. The van der Waals surface area contributed by atoms with Crippen LogP contribution in [-0.2, 0) is 6.42 Å². The average Bonchev–Trinajstić information content (AvgIpc) is 2.73. The molecule has 2 aromatic rings. The van der Waals surface area contributed by atoms with Gasteiger partial charge in [-0.15, -0.1) is 0 Å². The summed E-state index contributed by atoms with van der Waals surface area (Å²) in [5, 5.41) is 0. The Morgan fingerprint density at radius 1 is 1.26 bits per heavy atom. The molecule has 1 saturated heterocycles. The minimum atomic E-state index is -0.0544. The van der Waals surface area contributed by atoms with Crippen molar-refractivity contribution in [2.24, 2.45) is 5.92 Å². The van der Waals surface area contributed by atoms with Crippen molar-refractivity contribution in [1.29, 1.82) is 0 Å². The van der Waals surface area contributed by atoms with Crippen molar-refractivity contribution in [2.45, 2.75) is 32.6 Å². The summed E-state index contributed by atoms with van der Waals surface area (Å²) in [6, 6.07) is 5.37. The minimum Gasteiger partial charge on any atom is -0.493 e. The lowest BCUT2D eigenvalue weighted by Gasteiger charge is -2.34. The van der Waals surface area contributed by atoms with Crippen LogP contribution in [0.4, 0.5) is 5.82 Å². The van der Waals surface area contributed by atoms with Gasteiger partial charge in [0.2, 0.25) is 0 Å². The predicted octanol–water partition coefficient (Wildman–Crippen LogP) is 3.55. The maximum Gasteiger partial charge on any atom is 0.167 e. The molecule has 3 rings (SSSR count). The highest BCUT2D eigenvalue weighted by Gasteiger charge is 2.28. The highest BCUT2D eigenvalue weighted by atomic mass is 16.5. The molecule has 1 aliphatic heterocycles. The Labute approximate surface area is 160 Å². The summed E-state index contributed by atoms with van der Waals surface area (Å²) in [5.41, 5.74) is 1.81. The van der Waals surface area contributed by atoms with Crippen molar-refractivity contribution in [1.82, 2.24) is 9.97 Å². The number of carbonyl (C=O) groups excluding carboxylic acids is 1. The molecule has 6 heteroatoms. The molecular weight excluding hydrogens is 342 g/mol. The summed E-state index contributed by atoms with van der Waals surface area (Å²) in [6.45, 7) is 3.75. The number of hydrogen-bond acceptors (Lipinski definition) is 6. The molecule has 0 radical (unpaired) electrons. The fourth-order valence-corrected chi connectivity index (χ4v) is 3.69. The minimum absolute atomic E-state index is 0.0544. The van der Waals surface area contributed by atoms with Gasteiger partial charge >= 0.3 is 0 Å². The summed E-state index contributed by atoms with van der Waals surface area (Å²) in [4.78, 5) is 24.0. The smallest absolute Gasteiger partial charge is 0.167 e. The van der Waals surface area contributed by atoms with Crippen LogP contribution in [0.1, 0.15) is 42.1 Å². The maximum atomic E-state index is 13.1. The number of ketones is 1. The van der Waals surface area contributed by atoms with Crippen LogP contribution in [0, 0.1) is 5.92 Å². The largest absolute Gasteiger partial charge is 0.493 e. The van der Waals surface area contributed by atoms with Crippen LogP contribution < -0.4 is 14.4 Å². The van der Waals surface area contributed by atoms with E-state index in [2.05, 4.69) is 21.8 Å². The molecule has 1 aromatic heterocycles. The molecule has 1 fully saturated rings. The lowest BCUT2D eigenvalue weighted by molar-refractivity contribution is 0.0906. The Kier molecular flexibility index (Phi) is 6.27. The molecular formula is C21H27N3O3. The summed E-state index contributed by atoms with van der Waals surface area (Å²) >= 11 is 0. The van der Waals surface area contributed by atoms with Crippen molar-refractivity contribution < 1.29 is 14.3 Å². The number of aryl methyl sites for hydroxylation is 1. The quantitative estimate of drug-likeness (QED) is 0.696. The van der Waals surface area contributed by atoms with Crippen LogP contribution >= 0.6 is 0 Å². The van der Waals surface area contributed by atoms with Crippen LogP contribution in [0.2, 0.25) is 0 Å². The van der Waals surface area contributed by atoms with Crippen molar-refractivity contribution in [2.75, 3.05) is 32.2 Å². The Bertz CT molecular complexity index is 794. The van der Waals surface area contributed by atoms with E-state index < -0.39 is 0 Å². The molecule has 2 heterocycles. The first-order valence-corrected chi connectivity index (χ1v) is 9.48. The number of aromatic nitrogens is 2. The molecule has 1 atom stereocenters. The normalized spacial score (nSPS) is 16.9. The molecule has 6 nitrogen and oxygen atoms in total. The average molecular weight is 369 g/mol. The van der Waals surface area contributed by atoms with Gasteiger partial charge in [0.25, 0.3) is 0 Å². The van der Waals surface area contributed by atoms with E-state index in [-0.39, 0.29) is 11.7 Å². The summed E-state index contributed by atoms with van der Waals surface area (Å²) in [5.74, 6) is 2.27. The molecule has 0 amide bonds. The van der Waals surface area contributed by atoms with Crippen molar-refractivity contribution in [3.05, 3.63) is 41.9 Å². The first-order chi connectivity index (χ1) is 13.2. The predicted molar refractivity (Wildman–Crippen MR) is 105 cm³/mol. The third-order valence-electron chi connectivity index (χ3n) is 5.04. The number of methoxy groups -OCH3 is 2. The number of rotatable bonds is 7. The number of piperidine rings is 1. The number of nitrogens with zero attached hydrogens (tertiary/aromatic N) is 3. The summed E-state index contributed by atoms with van der Waals surface area (Å²) in [7, 11) is 3.17. The third-order valence-corrected chi connectivity index (χ3v) is 5.04. The second-order valence-corrected chi connectivity index (χ2v) is 6.84.